The molecule has 0 bridgehead atoms. The van der Waals surface area contributed by atoms with Crippen molar-refractivity contribution in [2.45, 2.75) is 19.3 Å². The highest BCUT2D eigenvalue weighted by Crippen LogP contribution is 2.15. The molecule has 0 radical (unpaired) electrons. The SMILES string of the molecule is C1CC1.Nc1ccccc1Cl. The van der Waals surface area contributed by atoms with E-state index in [4.69, 9.17) is 17.3 Å². The average molecular weight is 170 g/mol. The summed E-state index contributed by atoms with van der Waals surface area (Å²) in [7, 11) is 0. The molecule has 0 unspecified atom stereocenters. The van der Waals surface area contributed by atoms with Crippen molar-refractivity contribution in [3.05, 3.63) is 29.3 Å². The van der Waals surface area contributed by atoms with Crippen LogP contribution in [0.3, 0.4) is 0 Å². The Balaban J connectivity index is 0.000000167. The number of halogens is 1. The Morgan fingerprint density at radius 2 is 1.64 bits per heavy atom. The highest BCUT2D eigenvalue weighted by atomic mass is 35.5. The maximum Gasteiger partial charge on any atom is 0.0635 e. The summed E-state index contributed by atoms with van der Waals surface area (Å²) in [6.45, 7) is 0. The molecule has 1 nitrogen and oxygen atoms in total. The molecule has 0 aromatic heterocycles. The standard InChI is InChI=1S/C6H6ClN.C3H6/c7-5-3-1-2-4-6(5)8;1-2-3-1/h1-4H,8H2;1-3H2. The van der Waals surface area contributed by atoms with Gasteiger partial charge in [0.05, 0.1) is 10.7 Å². The maximum atomic E-state index is 5.58. The monoisotopic (exact) mass is 169 g/mol. The molecule has 1 fully saturated rings. The van der Waals surface area contributed by atoms with Gasteiger partial charge in [-0.15, -0.1) is 0 Å². The van der Waals surface area contributed by atoms with Gasteiger partial charge < -0.3 is 5.73 Å². The van der Waals surface area contributed by atoms with Crippen LogP contribution in [0.1, 0.15) is 19.3 Å². The summed E-state index contributed by atoms with van der Waals surface area (Å²) in [5.74, 6) is 0. The Bertz CT molecular complexity index is 197. The first-order chi connectivity index (χ1) is 5.30. The van der Waals surface area contributed by atoms with E-state index in [1.54, 1.807) is 12.1 Å². The molecule has 2 heteroatoms. The Morgan fingerprint density at radius 1 is 1.09 bits per heavy atom. The Morgan fingerprint density at radius 3 is 1.91 bits per heavy atom. The number of hydrogen-bond donors (Lipinski definition) is 1. The van der Waals surface area contributed by atoms with Gasteiger partial charge in [0.25, 0.3) is 0 Å². The lowest BCUT2D eigenvalue weighted by atomic mass is 10.3. The second kappa shape index (κ2) is 4.24. The quantitative estimate of drug-likeness (QED) is 0.594. The Hall–Kier alpha value is -0.690. The topological polar surface area (TPSA) is 26.0 Å². The van der Waals surface area contributed by atoms with Gasteiger partial charge in [-0.2, -0.15) is 0 Å². The normalized spacial score (nSPS) is 13.2. The highest BCUT2D eigenvalue weighted by molar-refractivity contribution is 6.33. The van der Waals surface area contributed by atoms with Gasteiger partial charge in [0, 0.05) is 0 Å². The van der Waals surface area contributed by atoms with E-state index in [9.17, 15) is 0 Å². The number of nitrogens with two attached hydrogens (primary N) is 1. The molecule has 1 saturated carbocycles. The van der Waals surface area contributed by atoms with Crippen LogP contribution in [-0.2, 0) is 0 Å². The smallest absolute Gasteiger partial charge is 0.0635 e. The summed E-state index contributed by atoms with van der Waals surface area (Å²) >= 11 is 5.58. The summed E-state index contributed by atoms with van der Waals surface area (Å²) in [4.78, 5) is 0. The fourth-order valence-electron chi connectivity index (χ4n) is 0.475. The van der Waals surface area contributed by atoms with Crippen LogP contribution in [0.15, 0.2) is 24.3 Å². The van der Waals surface area contributed by atoms with Crippen LogP contribution in [0, 0.1) is 0 Å². The summed E-state index contributed by atoms with van der Waals surface area (Å²) in [5, 5.41) is 0.618. The van der Waals surface area contributed by atoms with Crippen LogP contribution >= 0.6 is 11.6 Å². The van der Waals surface area contributed by atoms with Gasteiger partial charge in [0.1, 0.15) is 0 Å². The van der Waals surface area contributed by atoms with Crippen molar-refractivity contribution in [2.24, 2.45) is 0 Å². The maximum absolute atomic E-state index is 5.58. The number of anilines is 1. The first-order valence-electron chi connectivity index (χ1n) is 3.81. The fourth-order valence-corrected chi connectivity index (χ4v) is 0.611. The molecule has 0 amide bonds. The molecule has 2 N–H and O–H groups in total. The minimum absolute atomic E-state index is 0.618. The van der Waals surface area contributed by atoms with Gasteiger partial charge in [0.15, 0.2) is 0 Å². The van der Waals surface area contributed by atoms with Gasteiger partial charge in [-0.05, 0) is 12.1 Å². The van der Waals surface area contributed by atoms with Gasteiger partial charge in [-0.1, -0.05) is 43.0 Å². The zero-order valence-electron chi connectivity index (χ0n) is 6.39. The largest absolute Gasteiger partial charge is 0.398 e. The third-order valence-electron chi connectivity index (χ3n) is 1.26. The van der Waals surface area contributed by atoms with Crippen molar-refractivity contribution in [2.75, 3.05) is 5.73 Å². The number of para-hydroxylation sites is 1. The van der Waals surface area contributed by atoms with Gasteiger partial charge in [-0.3, -0.25) is 0 Å². The molecule has 0 saturated heterocycles. The van der Waals surface area contributed by atoms with E-state index < -0.39 is 0 Å². The zero-order chi connectivity index (χ0) is 8.10. The number of hydrogen-bond acceptors (Lipinski definition) is 1. The lowest BCUT2D eigenvalue weighted by Crippen LogP contribution is -1.82. The third-order valence-corrected chi connectivity index (χ3v) is 1.60. The highest BCUT2D eigenvalue weighted by Gasteiger charge is 1.95. The average Bonchev–Trinajstić information content (AvgIpc) is 2.80. The van der Waals surface area contributed by atoms with E-state index in [-0.39, 0.29) is 0 Å². The summed E-state index contributed by atoms with van der Waals surface area (Å²) in [5.41, 5.74) is 6.02. The predicted octanol–water partition coefficient (Wildman–Crippen LogP) is 3.09. The van der Waals surface area contributed by atoms with Gasteiger partial charge in [-0.25, -0.2) is 0 Å². The van der Waals surface area contributed by atoms with E-state index in [2.05, 4.69) is 0 Å². The molecule has 11 heavy (non-hydrogen) atoms. The van der Waals surface area contributed by atoms with Crippen molar-refractivity contribution < 1.29 is 0 Å². The molecule has 0 aliphatic heterocycles. The molecule has 1 aliphatic rings. The summed E-state index contributed by atoms with van der Waals surface area (Å²) in [6, 6.07) is 7.22. The first kappa shape index (κ1) is 8.41. The molecule has 1 aliphatic carbocycles. The van der Waals surface area contributed by atoms with Gasteiger partial charge >= 0.3 is 0 Å². The third kappa shape index (κ3) is 3.89. The second-order valence-corrected chi connectivity index (χ2v) is 2.99. The Labute approximate surface area is 72.2 Å². The van der Waals surface area contributed by atoms with Crippen LogP contribution < -0.4 is 5.73 Å². The minimum atomic E-state index is 0.618. The first-order valence-corrected chi connectivity index (χ1v) is 4.18. The van der Waals surface area contributed by atoms with Crippen LogP contribution in [0.2, 0.25) is 5.02 Å². The van der Waals surface area contributed by atoms with Crippen molar-refractivity contribution >= 4 is 17.3 Å². The second-order valence-electron chi connectivity index (χ2n) is 2.58. The van der Waals surface area contributed by atoms with E-state index >= 15 is 0 Å². The summed E-state index contributed by atoms with van der Waals surface area (Å²) < 4.78 is 0. The molecular weight excluding hydrogens is 158 g/mol. The zero-order valence-corrected chi connectivity index (χ0v) is 7.14. The predicted molar refractivity (Wildman–Crippen MR) is 49.7 cm³/mol. The van der Waals surface area contributed by atoms with Crippen LogP contribution in [0.4, 0.5) is 5.69 Å². The molecule has 0 heterocycles. The van der Waals surface area contributed by atoms with Crippen LogP contribution in [0.5, 0.6) is 0 Å². The molecule has 0 spiro atoms. The van der Waals surface area contributed by atoms with Crippen molar-refractivity contribution in [1.82, 2.24) is 0 Å². The van der Waals surface area contributed by atoms with E-state index in [0.717, 1.165) is 0 Å². The van der Waals surface area contributed by atoms with E-state index in [1.165, 1.54) is 19.3 Å². The van der Waals surface area contributed by atoms with E-state index in [1.807, 2.05) is 12.1 Å². The Kier molecular flexibility index (Phi) is 3.24. The number of rotatable bonds is 0. The molecule has 2 rings (SSSR count). The van der Waals surface area contributed by atoms with Crippen molar-refractivity contribution in [3.8, 4) is 0 Å². The molecule has 60 valence electrons. The number of benzene rings is 1. The minimum Gasteiger partial charge on any atom is -0.398 e. The fraction of sp³-hybridized carbons (Fsp3) is 0.333. The molecular formula is C9H12ClN. The van der Waals surface area contributed by atoms with Crippen LogP contribution in [-0.4, -0.2) is 0 Å². The van der Waals surface area contributed by atoms with E-state index in [0.29, 0.717) is 10.7 Å². The van der Waals surface area contributed by atoms with Crippen LogP contribution in [0.25, 0.3) is 0 Å². The van der Waals surface area contributed by atoms with Crippen molar-refractivity contribution in [3.63, 3.8) is 0 Å². The molecule has 1 aromatic carbocycles. The molecule has 0 atom stereocenters. The number of nitrogen functional groups attached to an aromatic ring is 1. The lowest BCUT2D eigenvalue weighted by Gasteiger charge is -1.91. The van der Waals surface area contributed by atoms with Crippen molar-refractivity contribution in [1.29, 1.82) is 0 Å². The summed E-state index contributed by atoms with van der Waals surface area (Å²) in [6.07, 6.45) is 4.50. The lowest BCUT2D eigenvalue weighted by molar-refractivity contribution is 1.50. The molecule has 1 aromatic rings. The van der Waals surface area contributed by atoms with Gasteiger partial charge in [0.2, 0.25) is 0 Å².